The number of sulfonamides is 1. The molecule has 0 atom stereocenters. The Labute approximate surface area is 157 Å². The minimum atomic E-state index is -3.81. The van der Waals surface area contributed by atoms with Gasteiger partial charge in [0.25, 0.3) is 0 Å². The molecule has 3 aromatic rings. The second-order valence-electron chi connectivity index (χ2n) is 5.72. The highest BCUT2D eigenvalue weighted by Crippen LogP contribution is 2.25. The molecule has 0 fully saturated rings. The van der Waals surface area contributed by atoms with E-state index in [2.05, 4.69) is 14.9 Å². The van der Waals surface area contributed by atoms with Gasteiger partial charge in [0.15, 0.2) is 0 Å². The topological polar surface area (TPSA) is 104 Å². The number of aryl methyl sites for hydroxylation is 1. The molecule has 3 rings (SSSR count). The fourth-order valence-corrected chi connectivity index (χ4v) is 3.64. The van der Waals surface area contributed by atoms with Crippen LogP contribution in [0.25, 0.3) is 11.4 Å². The standard InChI is InChI=1S/C18H19N3O5S/c1-12-4-9-15(25-3)16(10-12)27(22,23)19-11-17-20-18(21-26-17)13-5-7-14(24-2)8-6-13/h4-10,19H,11H2,1-3H3. The van der Waals surface area contributed by atoms with Crippen LogP contribution in [0.4, 0.5) is 0 Å². The number of nitrogens with one attached hydrogen (secondary N) is 1. The van der Waals surface area contributed by atoms with Gasteiger partial charge in [-0.2, -0.15) is 4.98 Å². The first-order chi connectivity index (χ1) is 12.9. The minimum absolute atomic E-state index is 0.0555. The predicted molar refractivity (Wildman–Crippen MR) is 98.0 cm³/mol. The van der Waals surface area contributed by atoms with Crippen LogP contribution in [-0.2, 0) is 16.6 Å². The normalized spacial score (nSPS) is 11.4. The van der Waals surface area contributed by atoms with Crippen molar-refractivity contribution in [2.75, 3.05) is 14.2 Å². The van der Waals surface area contributed by atoms with E-state index >= 15 is 0 Å². The first-order valence-electron chi connectivity index (χ1n) is 8.04. The van der Waals surface area contributed by atoms with Gasteiger partial charge in [-0.3, -0.25) is 0 Å². The third kappa shape index (κ3) is 4.26. The Kier molecular flexibility index (Phi) is 5.43. The third-order valence-electron chi connectivity index (χ3n) is 3.84. The van der Waals surface area contributed by atoms with Gasteiger partial charge in [0.05, 0.1) is 20.8 Å². The summed E-state index contributed by atoms with van der Waals surface area (Å²) in [6.45, 7) is 1.67. The lowest BCUT2D eigenvalue weighted by atomic mass is 10.2. The number of benzene rings is 2. The lowest BCUT2D eigenvalue weighted by Crippen LogP contribution is -2.24. The number of aromatic nitrogens is 2. The molecule has 1 aromatic heterocycles. The van der Waals surface area contributed by atoms with Crippen molar-refractivity contribution in [3.63, 3.8) is 0 Å². The highest BCUT2D eigenvalue weighted by Gasteiger charge is 2.21. The Hall–Kier alpha value is -2.91. The van der Waals surface area contributed by atoms with E-state index in [1.165, 1.54) is 13.2 Å². The summed E-state index contributed by atoms with van der Waals surface area (Å²) in [5, 5.41) is 3.88. The molecule has 0 radical (unpaired) electrons. The van der Waals surface area contributed by atoms with Crippen LogP contribution >= 0.6 is 0 Å². The minimum Gasteiger partial charge on any atom is -0.497 e. The van der Waals surface area contributed by atoms with Crippen LogP contribution in [0.3, 0.4) is 0 Å². The Morgan fingerprint density at radius 2 is 1.81 bits per heavy atom. The van der Waals surface area contributed by atoms with Crippen LogP contribution in [0, 0.1) is 6.92 Å². The van der Waals surface area contributed by atoms with Gasteiger partial charge in [0.1, 0.15) is 16.4 Å². The molecule has 0 saturated heterocycles. The van der Waals surface area contributed by atoms with Gasteiger partial charge in [-0.05, 0) is 48.9 Å². The summed E-state index contributed by atoms with van der Waals surface area (Å²) in [6, 6.07) is 12.0. The molecular weight excluding hydrogens is 370 g/mol. The van der Waals surface area contributed by atoms with Gasteiger partial charge in [-0.25, -0.2) is 13.1 Å². The zero-order valence-corrected chi connectivity index (χ0v) is 15.9. The number of rotatable bonds is 7. The van der Waals surface area contributed by atoms with Gasteiger partial charge in [0, 0.05) is 5.56 Å². The molecule has 1 heterocycles. The maximum atomic E-state index is 12.6. The zero-order chi connectivity index (χ0) is 19.4. The molecule has 0 saturated carbocycles. The first kappa shape index (κ1) is 18.9. The summed E-state index contributed by atoms with van der Waals surface area (Å²) < 4.78 is 43.0. The monoisotopic (exact) mass is 389 g/mol. The second kappa shape index (κ2) is 7.77. The summed E-state index contributed by atoms with van der Waals surface area (Å²) in [7, 11) is -0.808. The summed E-state index contributed by atoms with van der Waals surface area (Å²) in [6.07, 6.45) is 0. The van der Waals surface area contributed by atoms with Crippen molar-refractivity contribution in [1.29, 1.82) is 0 Å². The van der Waals surface area contributed by atoms with E-state index in [1.54, 1.807) is 50.4 Å². The van der Waals surface area contributed by atoms with E-state index < -0.39 is 10.0 Å². The molecule has 0 aliphatic heterocycles. The molecule has 142 valence electrons. The van der Waals surface area contributed by atoms with E-state index in [1.807, 2.05) is 0 Å². The summed E-state index contributed by atoms with van der Waals surface area (Å²) in [5.41, 5.74) is 1.53. The van der Waals surface area contributed by atoms with Gasteiger partial charge in [0.2, 0.25) is 21.7 Å². The lowest BCUT2D eigenvalue weighted by Gasteiger charge is -2.10. The average molecular weight is 389 g/mol. The third-order valence-corrected chi connectivity index (χ3v) is 5.26. The molecule has 2 aromatic carbocycles. The fourth-order valence-electron chi connectivity index (χ4n) is 2.41. The van der Waals surface area contributed by atoms with Crippen LogP contribution < -0.4 is 14.2 Å². The first-order valence-corrected chi connectivity index (χ1v) is 9.52. The molecule has 0 amide bonds. The number of nitrogens with zero attached hydrogens (tertiary/aromatic N) is 2. The Morgan fingerprint density at radius 1 is 1.07 bits per heavy atom. The molecule has 0 unspecified atom stereocenters. The summed E-state index contributed by atoms with van der Waals surface area (Å²) in [4.78, 5) is 4.27. The van der Waals surface area contributed by atoms with E-state index in [9.17, 15) is 8.42 Å². The van der Waals surface area contributed by atoms with E-state index in [0.717, 1.165) is 11.1 Å². The summed E-state index contributed by atoms with van der Waals surface area (Å²) in [5.74, 6) is 1.48. The van der Waals surface area contributed by atoms with Crippen LogP contribution in [0.5, 0.6) is 11.5 Å². The molecule has 8 nitrogen and oxygen atoms in total. The highest BCUT2D eigenvalue weighted by molar-refractivity contribution is 7.89. The van der Waals surface area contributed by atoms with Crippen LogP contribution in [0.2, 0.25) is 0 Å². The maximum absolute atomic E-state index is 12.6. The van der Waals surface area contributed by atoms with E-state index in [0.29, 0.717) is 11.6 Å². The van der Waals surface area contributed by atoms with E-state index in [4.69, 9.17) is 14.0 Å². The van der Waals surface area contributed by atoms with Crippen molar-refractivity contribution < 1.29 is 22.4 Å². The van der Waals surface area contributed by atoms with Crippen molar-refractivity contribution in [1.82, 2.24) is 14.9 Å². The SMILES string of the molecule is COc1ccc(-c2noc(CNS(=O)(=O)c3cc(C)ccc3OC)n2)cc1. The fraction of sp³-hybridized carbons (Fsp3) is 0.222. The molecule has 0 aliphatic carbocycles. The van der Waals surface area contributed by atoms with Gasteiger partial charge in [-0.15, -0.1) is 0 Å². The largest absolute Gasteiger partial charge is 0.497 e. The van der Waals surface area contributed by atoms with Crippen molar-refractivity contribution in [2.24, 2.45) is 0 Å². The van der Waals surface area contributed by atoms with Crippen molar-refractivity contribution in [3.8, 4) is 22.9 Å². The van der Waals surface area contributed by atoms with E-state index in [-0.39, 0.29) is 23.1 Å². The van der Waals surface area contributed by atoms with Gasteiger partial charge < -0.3 is 14.0 Å². The molecule has 27 heavy (non-hydrogen) atoms. The molecular formula is C18H19N3O5S. The number of methoxy groups -OCH3 is 2. The van der Waals surface area contributed by atoms with Crippen LogP contribution in [-0.4, -0.2) is 32.8 Å². The lowest BCUT2D eigenvalue weighted by molar-refractivity contribution is 0.375. The Morgan fingerprint density at radius 3 is 2.48 bits per heavy atom. The van der Waals surface area contributed by atoms with Crippen LogP contribution in [0.15, 0.2) is 51.9 Å². The smallest absolute Gasteiger partial charge is 0.244 e. The number of hydrogen-bond acceptors (Lipinski definition) is 7. The Balaban J connectivity index is 1.75. The molecule has 9 heteroatoms. The van der Waals surface area contributed by atoms with Crippen molar-refractivity contribution in [3.05, 3.63) is 53.9 Å². The van der Waals surface area contributed by atoms with Gasteiger partial charge in [-0.1, -0.05) is 11.2 Å². The molecule has 1 N–H and O–H groups in total. The second-order valence-corrected chi connectivity index (χ2v) is 7.45. The molecule has 0 spiro atoms. The quantitative estimate of drug-likeness (QED) is 0.662. The maximum Gasteiger partial charge on any atom is 0.244 e. The number of hydrogen-bond donors (Lipinski definition) is 1. The van der Waals surface area contributed by atoms with Gasteiger partial charge >= 0.3 is 0 Å². The highest BCUT2D eigenvalue weighted by atomic mass is 32.2. The van der Waals surface area contributed by atoms with Crippen molar-refractivity contribution >= 4 is 10.0 Å². The zero-order valence-electron chi connectivity index (χ0n) is 15.1. The average Bonchev–Trinajstić information content (AvgIpc) is 3.15. The predicted octanol–water partition coefficient (Wildman–Crippen LogP) is 2.54. The molecule has 0 aliphatic rings. The number of ether oxygens (including phenoxy) is 2. The van der Waals surface area contributed by atoms with Crippen LogP contribution in [0.1, 0.15) is 11.5 Å². The van der Waals surface area contributed by atoms with Crippen molar-refractivity contribution in [2.45, 2.75) is 18.4 Å². The summed E-state index contributed by atoms with van der Waals surface area (Å²) >= 11 is 0. The Bertz CT molecular complexity index is 1030. The molecule has 0 bridgehead atoms.